The van der Waals surface area contributed by atoms with Crippen LogP contribution in [0, 0.1) is 0 Å². The Labute approximate surface area is 208 Å². The Kier molecular flexibility index (Phi) is 11.3. The van der Waals surface area contributed by atoms with Crippen LogP contribution in [0.3, 0.4) is 0 Å². The van der Waals surface area contributed by atoms with Gasteiger partial charge in [0.25, 0.3) is 0 Å². The average Bonchev–Trinajstić information content (AvgIpc) is 2.89. The number of carbonyl (C=O) groups is 1. The summed E-state index contributed by atoms with van der Waals surface area (Å²) < 4.78 is 17.2. The van der Waals surface area contributed by atoms with Crippen molar-refractivity contribution >= 4 is 17.3 Å². The molecule has 0 bridgehead atoms. The maximum atomic E-state index is 12.4. The lowest BCUT2D eigenvalue weighted by Crippen LogP contribution is -2.21. The first-order valence-electron chi connectivity index (χ1n) is 12.4. The van der Waals surface area contributed by atoms with Crippen molar-refractivity contribution in [1.29, 1.82) is 0 Å². The number of benzene rings is 3. The van der Waals surface area contributed by atoms with Gasteiger partial charge in [-0.25, -0.2) is 0 Å². The molecule has 0 spiro atoms. The van der Waals surface area contributed by atoms with Crippen LogP contribution in [0.5, 0.6) is 17.2 Å². The fraction of sp³-hybridized carbons (Fsp3) is 0.345. The van der Waals surface area contributed by atoms with Crippen molar-refractivity contribution in [3.63, 3.8) is 0 Å². The van der Waals surface area contributed by atoms with Gasteiger partial charge in [0.15, 0.2) is 0 Å². The van der Waals surface area contributed by atoms with Gasteiger partial charge in [-0.3, -0.25) is 4.79 Å². The van der Waals surface area contributed by atoms with Gasteiger partial charge in [0, 0.05) is 23.5 Å². The van der Waals surface area contributed by atoms with Crippen LogP contribution in [0.2, 0.25) is 0 Å². The standard InChI is InChI=1S/C29H36N2O4/c1-2-3-4-5-9-18-33-28-17-11-13-25(22-28)31-29(32)23-30-24-12-10-16-27(21-24)35-20-19-34-26-14-7-6-8-15-26/h6-8,10-17,21-22,30H,2-5,9,18-20,23H2,1H3,(H,31,32). The van der Waals surface area contributed by atoms with E-state index in [-0.39, 0.29) is 12.5 Å². The largest absolute Gasteiger partial charge is 0.494 e. The third kappa shape index (κ3) is 10.4. The van der Waals surface area contributed by atoms with Gasteiger partial charge in [-0.2, -0.15) is 0 Å². The van der Waals surface area contributed by atoms with Crippen molar-refractivity contribution in [2.24, 2.45) is 0 Å². The van der Waals surface area contributed by atoms with Crippen LogP contribution in [-0.2, 0) is 4.79 Å². The highest BCUT2D eigenvalue weighted by Gasteiger charge is 2.05. The summed E-state index contributed by atoms with van der Waals surface area (Å²) in [6.45, 7) is 3.92. The maximum Gasteiger partial charge on any atom is 0.243 e. The van der Waals surface area contributed by atoms with Crippen molar-refractivity contribution < 1.29 is 19.0 Å². The molecule has 0 saturated carbocycles. The van der Waals surface area contributed by atoms with Crippen molar-refractivity contribution in [2.45, 2.75) is 39.0 Å². The summed E-state index contributed by atoms with van der Waals surface area (Å²) in [5, 5.41) is 6.05. The zero-order valence-corrected chi connectivity index (χ0v) is 20.5. The van der Waals surface area contributed by atoms with E-state index in [1.165, 1.54) is 25.7 Å². The first-order valence-corrected chi connectivity index (χ1v) is 12.4. The maximum absolute atomic E-state index is 12.4. The van der Waals surface area contributed by atoms with Gasteiger partial charge in [0.05, 0.1) is 13.2 Å². The number of ether oxygens (including phenoxy) is 3. The molecule has 0 atom stereocenters. The molecule has 0 aliphatic heterocycles. The molecule has 0 heterocycles. The van der Waals surface area contributed by atoms with Crippen LogP contribution in [-0.4, -0.2) is 32.3 Å². The smallest absolute Gasteiger partial charge is 0.243 e. The number of carbonyl (C=O) groups excluding carboxylic acids is 1. The molecule has 0 aromatic heterocycles. The number of nitrogens with one attached hydrogen (secondary N) is 2. The fourth-order valence-corrected chi connectivity index (χ4v) is 3.48. The van der Waals surface area contributed by atoms with E-state index in [0.717, 1.165) is 29.3 Å². The van der Waals surface area contributed by atoms with Crippen LogP contribution in [0.1, 0.15) is 39.0 Å². The summed E-state index contributed by atoms with van der Waals surface area (Å²) in [6.07, 6.45) is 5.99. The molecule has 186 valence electrons. The van der Waals surface area contributed by atoms with Crippen molar-refractivity contribution in [2.75, 3.05) is 37.0 Å². The minimum absolute atomic E-state index is 0.135. The van der Waals surface area contributed by atoms with E-state index in [9.17, 15) is 4.79 Å². The highest BCUT2D eigenvalue weighted by atomic mass is 16.5. The molecule has 0 aliphatic rings. The third-order valence-corrected chi connectivity index (χ3v) is 5.29. The van der Waals surface area contributed by atoms with Crippen molar-refractivity contribution in [1.82, 2.24) is 0 Å². The normalized spacial score (nSPS) is 10.4. The van der Waals surface area contributed by atoms with Crippen molar-refractivity contribution in [3.05, 3.63) is 78.9 Å². The number of para-hydroxylation sites is 1. The highest BCUT2D eigenvalue weighted by molar-refractivity contribution is 5.93. The third-order valence-electron chi connectivity index (χ3n) is 5.29. The molecular weight excluding hydrogens is 440 g/mol. The van der Waals surface area contributed by atoms with Crippen LogP contribution in [0.15, 0.2) is 78.9 Å². The van der Waals surface area contributed by atoms with E-state index >= 15 is 0 Å². The highest BCUT2D eigenvalue weighted by Crippen LogP contribution is 2.19. The molecule has 6 heteroatoms. The van der Waals surface area contributed by atoms with Gasteiger partial charge in [-0.1, -0.05) is 62.9 Å². The Morgan fingerprint density at radius 2 is 1.26 bits per heavy atom. The number of anilines is 2. The minimum Gasteiger partial charge on any atom is -0.494 e. The fourth-order valence-electron chi connectivity index (χ4n) is 3.48. The molecule has 3 aromatic rings. The van der Waals surface area contributed by atoms with E-state index < -0.39 is 0 Å². The van der Waals surface area contributed by atoms with Crippen LogP contribution in [0.25, 0.3) is 0 Å². The minimum atomic E-state index is -0.135. The van der Waals surface area contributed by atoms with Gasteiger partial charge in [0.1, 0.15) is 30.5 Å². The first-order chi connectivity index (χ1) is 17.2. The summed E-state index contributed by atoms with van der Waals surface area (Å²) in [4.78, 5) is 12.4. The Morgan fingerprint density at radius 1 is 0.657 bits per heavy atom. The van der Waals surface area contributed by atoms with Gasteiger partial charge in [-0.05, 0) is 42.8 Å². The molecule has 2 N–H and O–H groups in total. The molecule has 0 unspecified atom stereocenters. The van der Waals surface area contributed by atoms with E-state index in [1.54, 1.807) is 0 Å². The molecule has 3 rings (SSSR count). The Bertz CT molecular complexity index is 1010. The summed E-state index contributed by atoms with van der Waals surface area (Å²) >= 11 is 0. The molecule has 6 nitrogen and oxygen atoms in total. The second-order valence-electron chi connectivity index (χ2n) is 8.23. The van der Waals surface area contributed by atoms with E-state index in [4.69, 9.17) is 14.2 Å². The van der Waals surface area contributed by atoms with Crippen molar-refractivity contribution in [3.8, 4) is 17.2 Å². The molecule has 0 fully saturated rings. The lowest BCUT2D eigenvalue weighted by molar-refractivity contribution is -0.114. The lowest BCUT2D eigenvalue weighted by atomic mass is 10.2. The predicted octanol–water partition coefficient (Wildman–Crippen LogP) is 6.54. The predicted molar refractivity (Wildman–Crippen MR) is 142 cm³/mol. The summed E-state index contributed by atoms with van der Waals surface area (Å²) in [5.74, 6) is 2.17. The summed E-state index contributed by atoms with van der Waals surface area (Å²) in [5.41, 5.74) is 1.53. The molecule has 0 saturated heterocycles. The monoisotopic (exact) mass is 476 g/mol. The van der Waals surface area contributed by atoms with E-state index in [1.807, 2.05) is 78.9 Å². The van der Waals surface area contributed by atoms with Gasteiger partial charge < -0.3 is 24.8 Å². The zero-order valence-electron chi connectivity index (χ0n) is 20.5. The van der Waals surface area contributed by atoms with E-state index in [0.29, 0.717) is 25.6 Å². The topological polar surface area (TPSA) is 68.8 Å². The second kappa shape index (κ2) is 15.3. The van der Waals surface area contributed by atoms with Crippen LogP contribution >= 0.6 is 0 Å². The number of rotatable bonds is 16. The van der Waals surface area contributed by atoms with Crippen LogP contribution in [0.4, 0.5) is 11.4 Å². The Hall–Kier alpha value is -3.67. The number of amides is 1. The number of unbranched alkanes of at least 4 members (excludes halogenated alkanes) is 4. The second-order valence-corrected chi connectivity index (χ2v) is 8.23. The number of hydrogen-bond acceptors (Lipinski definition) is 5. The molecule has 0 radical (unpaired) electrons. The van der Waals surface area contributed by atoms with Gasteiger partial charge in [0.2, 0.25) is 5.91 Å². The first kappa shape index (κ1) is 25.9. The molecular formula is C29H36N2O4. The zero-order chi connectivity index (χ0) is 24.6. The van der Waals surface area contributed by atoms with Gasteiger partial charge in [-0.15, -0.1) is 0 Å². The lowest BCUT2D eigenvalue weighted by Gasteiger charge is -2.12. The quantitative estimate of drug-likeness (QED) is 0.230. The summed E-state index contributed by atoms with van der Waals surface area (Å²) in [7, 11) is 0. The van der Waals surface area contributed by atoms with E-state index in [2.05, 4.69) is 17.6 Å². The molecule has 1 amide bonds. The SMILES string of the molecule is CCCCCCCOc1cccc(NC(=O)CNc2cccc(OCCOc3ccccc3)c2)c1. The van der Waals surface area contributed by atoms with Crippen LogP contribution < -0.4 is 24.8 Å². The molecule has 3 aromatic carbocycles. The Balaban J connectivity index is 1.36. The van der Waals surface area contributed by atoms with Gasteiger partial charge >= 0.3 is 0 Å². The molecule has 35 heavy (non-hydrogen) atoms. The number of hydrogen-bond donors (Lipinski definition) is 2. The molecule has 0 aliphatic carbocycles. The Morgan fingerprint density at radius 3 is 2.00 bits per heavy atom. The average molecular weight is 477 g/mol. The summed E-state index contributed by atoms with van der Waals surface area (Å²) in [6, 6.07) is 24.7.